The highest BCUT2D eigenvalue weighted by molar-refractivity contribution is 6.02. The Bertz CT molecular complexity index is 805. The summed E-state index contributed by atoms with van der Waals surface area (Å²) in [6.07, 6.45) is 0. The van der Waals surface area contributed by atoms with Gasteiger partial charge in [0.1, 0.15) is 12.4 Å². The molecule has 7 nitrogen and oxygen atoms in total. The normalized spacial score (nSPS) is 10.0. The number of amides is 2. The second kappa shape index (κ2) is 9.96. The maximum Gasteiger partial charge on any atom is 0.340 e. The Balaban J connectivity index is 1.79. The van der Waals surface area contributed by atoms with Gasteiger partial charge in [0.2, 0.25) is 5.91 Å². The highest BCUT2D eigenvalue weighted by Gasteiger charge is 2.16. The van der Waals surface area contributed by atoms with Crippen LogP contribution < -0.4 is 15.4 Å². The maximum atomic E-state index is 12.2. The zero-order valence-electron chi connectivity index (χ0n) is 15.3. The fraction of sp³-hybridized carbons (Fsp3) is 0.250. The van der Waals surface area contributed by atoms with Crippen LogP contribution >= 0.6 is 0 Å². The summed E-state index contributed by atoms with van der Waals surface area (Å²) in [5, 5.41) is 5.22. The van der Waals surface area contributed by atoms with Crippen molar-refractivity contribution in [3.63, 3.8) is 0 Å². The van der Waals surface area contributed by atoms with E-state index in [1.807, 2.05) is 30.3 Å². The first-order valence-electron chi connectivity index (χ1n) is 8.46. The van der Waals surface area contributed by atoms with E-state index in [9.17, 15) is 14.4 Å². The molecule has 0 aliphatic rings. The number of carbonyl (C=O) groups is 3. The number of carbonyl (C=O) groups excluding carboxylic acids is 3. The number of aryl methyl sites for hydroxylation is 1. The number of hydrogen-bond donors (Lipinski definition) is 2. The number of rotatable bonds is 8. The van der Waals surface area contributed by atoms with Crippen LogP contribution in [0.5, 0.6) is 5.75 Å². The molecule has 0 heterocycles. The van der Waals surface area contributed by atoms with Crippen LogP contribution in [-0.4, -0.2) is 37.5 Å². The molecule has 0 saturated heterocycles. The summed E-state index contributed by atoms with van der Waals surface area (Å²) < 4.78 is 10.5. The number of anilines is 1. The summed E-state index contributed by atoms with van der Waals surface area (Å²) in [5.41, 5.74) is 1.30. The molecular weight excluding hydrogens is 348 g/mol. The molecule has 2 aromatic rings. The fourth-order valence-electron chi connectivity index (χ4n) is 2.32. The van der Waals surface area contributed by atoms with Gasteiger partial charge in [0.25, 0.3) is 5.91 Å². The number of nitrogens with one attached hydrogen (secondary N) is 2. The highest BCUT2D eigenvalue weighted by atomic mass is 16.5. The van der Waals surface area contributed by atoms with Crippen LogP contribution in [0.3, 0.4) is 0 Å². The van der Waals surface area contributed by atoms with Crippen molar-refractivity contribution in [3.05, 3.63) is 59.7 Å². The molecule has 0 spiro atoms. The zero-order chi connectivity index (χ0) is 19.6. The van der Waals surface area contributed by atoms with Crippen molar-refractivity contribution in [1.82, 2.24) is 5.32 Å². The third-order valence-electron chi connectivity index (χ3n) is 3.56. The van der Waals surface area contributed by atoms with Gasteiger partial charge >= 0.3 is 5.97 Å². The first-order chi connectivity index (χ1) is 13.0. The smallest absolute Gasteiger partial charge is 0.340 e. The molecule has 2 aromatic carbocycles. The van der Waals surface area contributed by atoms with Crippen molar-refractivity contribution in [3.8, 4) is 5.75 Å². The van der Waals surface area contributed by atoms with Gasteiger partial charge in [0.15, 0.2) is 6.61 Å². The van der Waals surface area contributed by atoms with Gasteiger partial charge in [-0.2, -0.15) is 0 Å². The van der Waals surface area contributed by atoms with E-state index in [0.717, 1.165) is 5.56 Å². The average molecular weight is 370 g/mol. The Morgan fingerprint density at radius 1 is 1.00 bits per heavy atom. The minimum Gasteiger partial charge on any atom is -0.492 e. The van der Waals surface area contributed by atoms with Crippen LogP contribution in [0.4, 0.5) is 5.69 Å². The predicted molar refractivity (Wildman–Crippen MR) is 101 cm³/mol. The van der Waals surface area contributed by atoms with Gasteiger partial charge in [-0.1, -0.05) is 30.3 Å². The van der Waals surface area contributed by atoms with Crippen LogP contribution in [0, 0.1) is 6.92 Å². The van der Waals surface area contributed by atoms with Crippen molar-refractivity contribution >= 4 is 23.5 Å². The maximum absolute atomic E-state index is 12.2. The lowest BCUT2D eigenvalue weighted by Gasteiger charge is -2.12. The monoisotopic (exact) mass is 370 g/mol. The molecular formula is C20H22N2O5. The molecule has 0 aliphatic carbocycles. The third kappa shape index (κ3) is 6.47. The topological polar surface area (TPSA) is 93.7 Å². The molecule has 0 saturated carbocycles. The summed E-state index contributed by atoms with van der Waals surface area (Å²) in [6, 6.07) is 14.2. The van der Waals surface area contributed by atoms with Crippen molar-refractivity contribution in [2.24, 2.45) is 0 Å². The van der Waals surface area contributed by atoms with E-state index in [2.05, 4.69) is 10.6 Å². The summed E-state index contributed by atoms with van der Waals surface area (Å²) in [7, 11) is 0. The third-order valence-corrected chi connectivity index (χ3v) is 3.56. The number of para-hydroxylation sites is 2. The predicted octanol–water partition coefficient (Wildman–Crippen LogP) is 2.31. The van der Waals surface area contributed by atoms with E-state index in [1.54, 1.807) is 19.1 Å². The van der Waals surface area contributed by atoms with Crippen molar-refractivity contribution in [1.29, 1.82) is 0 Å². The van der Waals surface area contributed by atoms with Crippen LogP contribution in [0.2, 0.25) is 0 Å². The molecule has 2 amide bonds. The van der Waals surface area contributed by atoms with Crippen LogP contribution in [-0.2, 0) is 14.3 Å². The van der Waals surface area contributed by atoms with E-state index < -0.39 is 18.5 Å². The minimum atomic E-state index is -0.682. The zero-order valence-corrected chi connectivity index (χ0v) is 15.3. The molecule has 0 fully saturated rings. The highest BCUT2D eigenvalue weighted by Crippen LogP contribution is 2.21. The largest absolute Gasteiger partial charge is 0.492 e. The molecule has 0 aromatic heterocycles. The standard InChI is InChI=1S/C20H22N2O5/c1-14-7-6-10-17(19(14)22-15(2)23)20(25)27-13-18(24)21-11-12-26-16-8-4-3-5-9-16/h3-10H,11-13H2,1-2H3,(H,21,24)(H,22,23). The van der Waals surface area contributed by atoms with Crippen molar-refractivity contribution < 1.29 is 23.9 Å². The van der Waals surface area contributed by atoms with E-state index in [-0.39, 0.29) is 18.0 Å². The van der Waals surface area contributed by atoms with Crippen LogP contribution in [0.15, 0.2) is 48.5 Å². The number of hydrogen-bond acceptors (Lipinski definition) is 5. The molecule has 142 valence electrons. The van der Waals surface area contributed by atoms with Gasteiger partial charge < -0.3 is 20.1 Å². The summed E-state index contributed by atoms with van der Waals surface area (Å²) in [6.45, 7) is 3.28. The number of ether oxygens (including phenoxy) is 2. The molecule has 0 aliphatic heterocycles. The number of esters is 1. The second-order valence-corrected chi connectivity index (χ2v) is 5.77. The summed E-state index contributed by atoms with van der Waals surface area (Å²) >= 11 is 0. The van der Waals surface area contributed by atoms with Crippen molar-refractivity contribution in [2.75, 3.05) is 25.1 Å². The van der Waals surface area contributed by atoms with Crippen LogP contribution in [0.25, 0.3) is 0 Å². The lowest BCUT2D eigenvalue weighted by Crippen LogP contribution is -2.32. The number of benzene rings is 2. The Kier molecular flexibility index (Phi) is 7.37. The van der Waals surface area contributed by atoms with Gasteiger partial charge in [-0.05, 0) is 30.7 Å². The van der Waals surface area contributed by atoms with E-state index >= 15 is 0 Å². The first-order valence-corrected chi connectivity index (χ1v) is 8.46. The Hall–Kier alpha value is -3.35. The lowest BCUT2D eigenvalue weighted by molar-refractivity contribution is -0.124. The van der Waals surface area contributed by atoms with Gasteiger partial charge in [-0.25, -0.2) is 4.79 Å². The minimum absolute atomic E-state index is 0.199. The van der Waals surface area contributed by atoms with Gasteiger partial charge in [-0.15, -0.1) is 0 Å². The molecule has 2 N–H and O–H groups in total. The SMILES string of the molecule is CC(=O)Nc1c(C)cccc1C(=O)OCC(=O)NCCOc1ccccc1. The fourth-order valence-corrected chi connectivity index (χ4v) is 2.32. The molecule has 0 bridgehead atoms. The average Bonchev–Trinajstić information content (AvgIpc) is 2.65. The van der Waals surface area contributed by atoms with E-state index in [1.165, 1.54) is 13.0 Å². The molecule has 2 rings (SSSR count). The second-order valence-electron chi connectivity index (χ2n) is 5.77. The van der Waals surface area contributed by atoms with Gasteiger partial charge in [-0.3, -0.25) is 9.59 Å². The Morgan fingerprint density at radius 2 is 1.74 bits per heavy atom. The molecule has 7 heteroatoms. The van der Waals surface area contributed by atoms with Crippen LogP contribution in [0.1, 0.15) is 22.8 Å². The molecule has 27 heavy (non-hydrogen) atoms. The Morgan fingerprint density at radius 3 is 2.44 bits per heavy atom. The van der Waals surface area contributed by atoms with Crippen molar-refractivity contribution in [2.45, 2.75) is 13.8 Å². The molecule has 0 atom stereocenters. The first kappa shape index (κ1) is 20.0. The van der Waals surface area contributed by atoms with Gasteiger partial charge in [0, 0.05) is 6.92 Å². The summed E-state index contributed by atoms with van der Waals surface area (Å²) in [5.74, 6) is -0.704. The Labute approximate surface area is 157 Å². The lowest BCUT2D eigenvalue weighted by atomic mass is 10.1. The quantitative estimate of drug-likeness (QED) is 0.549. The molecule has 0 unspecified atom stereocenters. The molecule has 0 radical (unpaired) electrons. The summed E-state index contributed by atoms with van der Waals surface area (Å²) in [4.78, 5) is 35.4. The van der Waals surface area contributed by atoms with E-state index in [4.69, 9.17) is 9.47 Å². The van der Waals surface area contributed by atoms with Gasteiger partial charge in [0.05, 0.1) is 17.8 Å². The van der Waals surface area contributed by atoms with E-state index in [0.29, 0.717) is 18.0 Å².